The molecule has 0 aliphatic carbocycles. The average molecular weight is 303 g/mol. The van der Waals surface area contributed by atoms with Gasteiger partial charge in [0.25, 0.3) is 5.69 Å². The number of rotatable bonds is 6. The number of para-hydroxylation sites is 1. The zero-order chi connectivity index (χ0) is 15.8. The Hall–Kier alpha value is -3.09. The van der Waals surface area contributed by atoms with Gasteiger partial charge in [0, 0.05) is 12.1 Å². The van der Waals surface area contributed by atoms with Gasteiger partial charge in [-0.15, -0.1) is 0 Å². The molecular formula is C15H13NO6. The van der Waals surface area contributed by atoms with Crippen LogP contribution in [-0.4, -0.2) is 24.3 Å². The van der Waals surface area contributed by atoms with E-state index in [4.69, 9.17) is 14.2 Å². The first kappa shape index (κ1) is 15.3. The number of carbonyl (C=O) groups is 1. The molecular weight excluding hydrogens is 290 g/mol. The van der Waals surface area contributed by atoms with E-state index in [-0.39, 0.29) is 24.7 Å². The van der Waals surface area contributed by atoms with E-state index in [0.29, 0.717) is 5.75 Å². The lowest BCUT2D eigenvalue weighted by molar-refractivity contribution is -0.384. The fourth-order valence-electron chi connectivity index (χ4n) is 1.56. The van der Waals surface area contributed by atoms with Crippen molar-refractivity contribution < 1.29 is 23.9 Å². The molecule has 114 valence electrons. The number of hydrogen-bond donors (Lipinski definition) is 0. The van der Waals surface area contributed by atoms with Gasteiger partial charge in [-0.25, -0.2) is 4.79 Å². The van der Waals surface area contributed by atoms with Crippen molar-refractivity contribution in [3.63, 3.8) is 0 Å². The van der Waals surface area contributed by atoms with Crippen LogP contribution in [0.2, 0.25) is 0 Å². The van der Waals surface area contributed by atoms with Crippen molar-refractivity contribution in [1.82, 2.24) is 0 Å². The summed E-state index contributed by atoms with van der Waals surface area (Å²) >= 11 is 0. The van der Waals surface area contributed by atoms with Crippen LogP contribution in [0.25, 0.3) is 0 Å². The molecule has 2 rings (SSSR count). The molecule has 0 atom stereocenters. The predicted octanol–water partition coefficient (Wildman–Crippen LogP) is 3.19. The molecule has 0 unspecified atom stereocenters. The molecule has 0 saturated heterocycles. The van der Waals surface area contributed by atoms with Crippen molar-refractivity contribution in [2.75, 3.05) is 13.2 Å². The standard InChI is InChI=1S/C15H13NO6/c17-15(21-11-10-20-13-4-2-1-3-5-13)22-14-8-6-12(7-9-14)16(18)19/h1-9H,10-11H2. The molecule has 0 N–H and O–H groups in total. The van der Waals surface area contributed by atoms with Crippen molar-refractivity contribution in [3.8, 4) is 11.5 Å². The van der Waals surface area contributed by atoms with Crippen LogP contribution in [0.4, 0.5) is 10.5 Å². The van der Waals surface area contributed by atoms with Gasteiger partial charge in [-0.3, -0.25) is 10.1 Å². The Labute approximate surface area is 126 Å². The third kappa shape index (κ3) is 4.78. The molecule has 0 saturated carbocycles. The second-order valence-electron chi connectivity index (χ2n) is 4.11. The highest BCUT2D eigenvalue weighted by atomic mass is 16.7. The molecule has 0 aliphatic rings. The predicted molar refractivity (Wildman–Crippen MR) is 77.0 cm³/mol. The fourth-order valence-corrected chi connectivity index (χ4v) is 1.56. The Kier molecular flexibility index (Phi) is 5.31. The lowest BCUT2D eigenvalue weighted by atomic mass is 10.3. The maximum Gasteiger partial charge on any atom is 0.513 e. The first-order chi connectivity index (χ1) is 10.6. The summed E-state index contributed by atoms with van der Waals surface area (Å²) in [4.78, 5) is 21.4. The highest BCUT2D eigenvalue weighted by Crippen LogP contribution is 2.17. The number of non-ortho nitro benzene ring substituents is 1. The monoisotopic (exact) mass is 303 g/mol. The molecule has 0 aromatic heterocycles. The van der Waals surface area contributed by atoms with Crippen molar-refractivity contribution in [2.24, 2.45) is 0 Å². The molecule has 0 amide bonds. The van der Waals surface area contributed by atoms with E-state index in [1.54, 1.807) is 12.1 Å². The maximum absolute atomic E-state index is 11.4. The van der Waals surface area contributed by atoms with E-state index in [1.807, 2.05) is 18.2 Å². The lowest BCUT2D eigenvalue weighted by Gasteiger charge is -2.07. The van der Waals surface area contributed by atoms with E-state index in [2.05, 4.69) is 0 Å². The highest BCUT2D eigenvalue weighted by Gasteiger charge is 2.09. The molecule has 0 fully saturated rings. The van der Waals surface area contributed by atoms with Gasteiger partial charge in [-0.1, -0.05) is 18.2 Å². The minimum absolute atomic E-state index is 0.0285. The molecule has 22 heavy (non-hydrogen) atoms. The number of ether oxygens (including phenoxy) is 3. The van der Waals surface area contributed by atoms with Crippen molar-refractivity contribution in [2.45, 2.75) is 0 Å². The second-order valence-corrected chi connectivity index (χ2v) is 4.11. The van der Waals surface area contributed by atoms with Gasteiger partial charge in [0.2, 0.25) is 0 Å². The maximum atomic E-state index is 11.4. The van der Waals surface area contributed by atoms with Crippen molar-refractivity contribution in [1.29, 1.82) is 0 Å². The third-order valence-corrected chi connectivity index (χ3v) is 2.56. The molecule has 2 aromatic rings. The van der Waals surface area contributed by atoms with E-state index < -0.39 is 11.1 Å². The van der Waals surface area contributed by atoms with Gasteiger partial charge in [-0.05, 0) is 24.3 Å². The van der Waals surface area contributed by atoms with E-state index in [1.165, 1.54) is 24.3 Å². The Morgan fingerprint density at radius 1 is 0.955 bits per heavy atom. The Balaban J connectivity index is 1.70. The SMILES string of the molecule is O=C(OCCOc1ccccc1)Oc1ccc([N+](=O)[O-])cc1. The number of carbonyl (C=O) groups excluding carboxylic acids is 1. The van der Waals surface area contributed by atoms with Crippen LogP contribution in [0.15, 0.2) is 54.6 Å². The molecule has 0 radical (unpaired) electrons. The van der Waals surface area contributed by atoms with Crippen LogP contribution in [0.5, 0.6) is 11.5 Å². The Morgan fingerprint density at radius 2 is 1.64 bits per heavy atom. The fraction of sp³-hybridized carbons (Fsp3) is 0.133. The molecule has 0 aliphatic heterocycles. The van der Waals surface area contributed by atoms with Gasteiger partial charge in [-0.2, -0.15) is 0 Å². The van der Waals surface area contributed by atoms with Crippen molar-refractivity contribution in [3.05, 3.63) is 64.7 Å². The molecule has 7 nitrogen and oxygen atoms in total. The number of hydrogen-bond acceptors (Lipinski definition) is 6. The number of nitro benzene ring substituents is 1. The zero-order valence-electron chi connectivity index (χ0n) is 11.5. The van der Waals surface area contributed by atoms with E-state index in [9.17, 15) is 14.9 Å². The van der Waals surface area contributed by atoms with E-state index >= 15 is 0 Å². The Morgan fingerprint density at radius 3 is 2.27 bits per heavy atom. The van der Waals surface area contributed by atoms with Crippen LogP contribution in [-0.2, 0) is 4.74 Å². The van der Waals surface area contributed by atoms with Crippen LogP contribution < -0.4 is 9.47 Å². The summed E-state index contributed by atoms with van der Waals surface area (Å²) < 4.78 is 15.0. The van der Waals surface area contributed by atoms with Crippen LogP contribution in [0, 0.1) is 10.1 Å². The van der Waals surface area contributed by atoms with Crippen LogP contribution in [0.1, 0.15) is 0 Å². The highest BCUT2D eigenvalue weighted by molar-refractivity contribution is 5.63. The normalized spacial score (nSPS) is 9.82. The van der Waals surface area contributed by atoms with Gasteiger partial charge in [0.15, 0.2) is 0 Å². The summed E-state index contributed by atoms with van der Waals surface area (Å²) in [5, 5.41) is 10.5. The average Bonchev–Trinajstić information content (AvgIpc) is 2.53. The quantitative estimate of drug-likeness (QED) is 0.268. The minimum Gasteiger partial charge on any atom is -0.490 e. The molecule has 0 heterocycles. The topological polar surface area (TPSA) is 87.9 Å². The lowest BCUT2D eigenvalue weighted by Crippen LogP contribution is -2.15. The van der Waals surface area contributed by atoms with Gasteiger partial charge >= 0.3 is 6.16 Å². The Bertz CT molecular complexity index is 626. The van der Waals surface area contributed by atoms with Crippen LogP contribution >= 0.6 is 0 Å². The minimum atomic E-state index is -0.898. The smallest absolute Gasteiger partial charge is 0.490 e. The summed E-state index contributed by atoms with van der Waals surface area (Å²) in [6.45, 7) is 0.222. The first-order valence-corrected chi connectivity index (χ1v) is 6.42. The number of nitro groups is 1. The van der Waals surface area contributed by atoms with Crippen molar-refractivity contribution >= 4 is 11.8 Å². The largest absolute Gasteiger partial charge is 0.513 e. The first-order valence-electron chi connectivity index (χ1n) is 6.42. The molecule has 0 spiro atoms. The molecule has 7 heteroatoms. The second kappa shape index (κ2) is 7.63. The van der Waals surface area contributed by atoms with Gasteiger partial charge in [0.1, 0.15) is 24.7 Å². The molecule has 2 aromatic carbocycles. The number of nitrogens with zero attached hydrogens (tertiary/aromatic N) is 1. The summed E-state index contributed by atoms with van der Waals surface area (Å²) in [6.07, 6.45) is -0.898. The van der Waals surface area contributed by atoms with E-state index in [0.717, 1.165) is 0 Å². The third-order valence-electron chi connectivity index (χ3n) is 2.56. The molecule has 0 bridgehead atoms. The summed E-state index contributed by atoms with van der Waals surface area (Å²) in [7, 11) is 0. The summed E-state index contributed by atoms with van der Waals surface area (Å²) in [6, 6.07) is 14.2. The number of benzene rings is 2. The van der Waals surface area contributed by atoms with Gasteiger partial charge < -0.3 is 14.2 Å². The summed E-state index contributed by atoms with van der Waals surface area (Å²) in [5.74, 6) is 0.842. The summed E-state index contributed by atoms with van der Waals surface area (Å²) in [5.41, 5.74) is -0.0861. The zero-order valence-corrected chi connectivity index (χ0v) is 11.5. The van der Waals surface area contributed by atoms with Gasteiger partial charge in [0.05, 0.1) is 4.92 Å². The van der Waals surface area contributed by atoms with Crippen LogP contribution in [0.3, 0.4) is 0 Å².